The van der Waals surface area contributed by atoms with Crippen LogP contribution in [0.15, 0.2) is 29.3 Å². The summed E-state index contributed by atoms with van der Waals surface area (Å²) in [4.78, 5) is 4.31. The largest absolute Gasteiger partial charge is 0.304 e. The van der Waals surface area contributed by atoms with E-state index in [9.17, 15) is 0 Å². The predicted octanol–water partition coefficient (Wildman–Crippen LogP) is -0.225. The van der Waals surface area contributed by atoms with Gasteiger partial charge in [0.25, 0.3) is 0 Å². The van der Waals surface area contributed by atoms with Crippen molar-refractivity contribution < 1.29 is 0 Å². The molecule has 2 N–H and O–H groups in total. The summed E-state index contributed by atoms with van der Waals surface area (Å²) in [6.07, 6.45) is 1.97. The molecule has 2 nitrogen and oxygen atoms in total. The van der Waals surface area contributed by atoms with Gasteiger partial charge in [0, 0.05) is 0 Å². The van der Waals surface area contributed by atoms with Gasteiger partial charge in [-0.05, 0) is 24.3 Å². The fraction of sp³-hybridized carbons (Fsp3) is 0.222. The molecule has 0 aliphatic carbocycles. The molecule has 0 spiro atoms. The number of nitrogens with two attached hydrogens (primary N) is 1. The number of nitrogens with zero attached hydrogens (tertiary/aromatic N) is 1. The minimum atomic E-state index is -0.496. The Hall–Kier alpha value is -1.15. The molecule has 1 aromatic rings. The quantitative estimate of drug-likeness (QED) is 0.539. The van der Waals surface area contributed by atoms with Crippen LogP contribution in [0.3, 0.4) is 0 Å². The molecule has 0 bridgehead atoms. The number of para-hydroxylation sites is 1. The van der Waals surface area contributed by atoms with E-state index in [0.717, 1.165) is 10.6 Å². The van der Waals surface area contributed by atoms with Crippen LogP contribution >= 0.6 is 0 Å². The normalized spacial score (nSPS) is 27.1. The van der Waals surface area contributed by atoms with Gasteiger partial charge in [-0.25, -0.2) is 0 Å². The van der Waals surface area contributed by atoms with Crippen LogP contribution in [0.25, 0.3) is 6.08 Å². The van der Waals surface area contributed by atoms with E-state index in [1.165, 1.54) is 0 Å². The molecule has 2 rings (SSSR count). The average molecular weight is 146 g/mol. The molecule has 11 heavy (non-hydrogen) atoms. The summed E-state index contributed by atoms with van der Waals surface area (Å²) in [5, 5.41) is 2.13. The Labute approximate surface area is 65.1 Å². The Balaban J connectivity index is 2.81. The summed E-state index contributed by atoms with van der Waals surface area (Å²) in [6, 6.07) is 7.96. The minimum Gasteiger partial charge on any atom is -0.304 e. The van der Waals surface area contributed by atoms with Crippen molar-refractivity contribution in [1.29, 1.82) is 0 Å². The standard InChI is InChI=1S/C9H10N2/c1-9(10)6-7-4-2-3-5-8(7)11-9/h2-6H,10H2,1H3. The van der Waals surface area contributed by atoms with Gasteiger partial charge in [-0.2, -0.15) is 0 Å². The summed E-state index contributed by atoms with van der Waals surface area (Å²) < 4.78 is 0. The topological polar surface area (TPSA) is 38.4 Å². The first-order valence-electron chi connectivity index (χ1n) is 3.64. The van der Waals surface area contributed by atoms with E-state index in [0.29, 0.717) is 0 Å². The Morgan fingerprint density at radius 3 is 2.82 bits per heavy atom. The van der Waals surface area contributed by atoms with Crippen molar-refractivity contribution in [2.75, 3.05) is 0 Å². The van der Waals surface area contributed by atoms with Gasteiger partial charge in [-0.1, -0.05) is 18.2 Å². The number of rotatable bonds is 0. The third-order valence-electron chi connectivity index (χ3n) is 1.75. The van der Waals surface area contributed by atoms with Crippen LogP contribution in [-0.4, -0.2) is 5.66 Å². The number of hydrogen-bond donors (Lipinski definition) is 1. The third kappa shape index (κ3) is 1.05. The van der Waals surface area contributed by atoms with Crippen LogP contribution in [0.1, 0.15) is 6.92 Å². The molecule has 56 valence electrons. The van der Waals surface area contributed by atoms with Gasteiger partial charge in [0.15, 0.2) is 0 Å². The lowest BCUT2D eigenvalue weighted by Gasteiger charge is -2.08. The van der Waals surface area contributed by atoms with E-state index < -0.39 is 5.66 Å². The summed E-state index contributed by atoms with van der Waals surface area (Å²) >= 11 is 0. The van der Waals surface area contributed by atoms with E-state index in [2.05, 4.69) is 4.99 Å². The van der Waals surface area contributed by atoms with Gasteiger partial charge >= 0.3 is 0 Å². The molecule has 0 fully saturated rings. The lowest BCUT2D eigenvalue weighted by Crippen LogP contribution is -2.29. The molecule has 0 aromatic heterocycles. The van der Waals surface area contributed by atoms with E-state index in [1.54, 1.807) is 0 Å². The second-order valence-corrected chi connectivity index (χ2v) is 3.04. The maximum Gasteiger partial charge on any atom is 0.125 e. The van der Waals surface area contributed by atoms with Gasteiger partial charge in [0.2, 0.25) is 0 Å². The molecular formula is C9H10N2. The van der Waals surface area contributed by atoms with Crippen LogP contribution < -0.4 is 16.3 Å². The van der Waals surface area contributed by atoms with Gasteiger partial charge < -0.3 is 5.73 Å². The van der Waals surface area contributed by atoms with E-state index in [1.807, 2.05) is 37.3 Å². The highest BCUT2D eigenvalue weighted by Crippen LogP contribution is 2.03. The van der Waals surface area contributed by atoms with Gasteiger partial charge in [-0.3, -0.25) is 4.99 Å². The van der Waals surface area contributed by atoms with Gasteiger partial charge in [0.1, 0.15) is 5.66 Å². The van der Waals surface area contributed by atoms with E-state index in [4.69, 9.17) is 5.73 Å². The molecule has 1 heterocycles. The summed E-state index contributed by atoms with van der Waals surface area (Å²) in [7, 11) is 0. The molecular weight excluding hydrogens is 136 g/mol. The highest BCUT2D eigenvalue weighted by molar-refractivity contribution is 5.38. The second kappa shape index (κ2) is 1.92. The highest BCUT2D eigenvalue weighted by atomic mass is 15.0. The highest BCUT2D eigenvalue weighted by Gasteiger charge is 2.15. The molecule has 0 saturated heterocycles. The van der Waals surface area contributed by atoms with E-state index >= 15 is 0 Å². The van der Waals surface area contributed by atoms with Crippen molar-refractivity contribution >= 4 is 6.08 Å². The smallest absolute Gasteiger partial charge is 0.125 e. The average Bonchev–Trinajstić information content (AvgIpc) is 2.21. The molecule has 1 unspecified atom stereocenters. The second-order valence-electron chi connectivity index (χ2n) is 3.04. The predicted molar refractivity (Wildman–Crippen MR) is 44.3 cm³/mol. The zero-order valence-electron chi connectivity index (χ0n) is 6.41. The minimum absolute atomic E-state index is 0.496. The van der Waals surface area contributed by atoms with Gasteiger partial charge in [-0.15, -0.1) is 0 Å². The Bertz CT molecular complexity index is 353. The molecule has 0 amide bonds. The Morgan fingerprint density at radius 1 is 1.36 bits per heavy atom. The fourth-order valence-corrected chi connectivity index (χ4v) is 1.32. The zero-order chi connectivity index (χ0) is 7.90. The van der Waals surface area contributed by atoms with Crippen molar-refractivity contribution in [3.05, 3.63) is 34.8 Å². The monoisotopic (exact) mass is 146 g/mol. The zero-order valence-corrected chi connectivity index (χ0v) is 6.41. The molecule has 1 aromatic carbocycles. The summed E-state index contributed by atoms with van der Waals surface area (Å²) in [5.41, 5.74) is 5.31. The van der Waals surface area contributed by atoms with Gasteiger partial charge in [0.05, 0.1) is 5.36 Å². The lowest BCUT2D eigenvalue weighted by atomic mass is 10.2. The van der Waals surface area contributed by atoms with E-state index in [-0.39, 0.29) is 0 Å². The van der Waals surface area contributed by atoms with Crippen LogP contribution in [0.5, 0.6) is 0 Å². The Morgan fingerprint density at radius 2 is 2.09 bits per heavy atom. The number of hydrogen-bond acceptors (Lipinski definition) is 2. The van der Waals surface area contributed by atoms with Crippen molar-refractivity contribution in [1.82, 2.24) is 0 Å². The van der Waals surface area contributed by atoms with Crippen LogP contribution in [0.4, 0.5) is 0 Å². The summed E-state index contributed by atoms with van der Waals surface area (Å²) in [6.45, 7) is 1.90. The van der Waals surface area contributed by atoms with Crippen molar-refractivity contribution in [3.63, 3.8) is 0 Å². The molecule has 0 saturated carbocycles. The molecule has 2 heteroatoms. The summed E-state index contributed by atoms with van der Waals surface area (Å²) in [5.74, 6) is 0. The number of fused-ring (bicyclic) bond motifs is 1. The molecule has 1 aliphatic rings. The fourth-order valence-electron chi connectivity index (χ4n) is 1.32. The van der Waals surface area contributed by atoms with Crippen LogP contribution in [0, 0.1) is 0 Å². The maximum absolute atomic E-state index is 5.81. The third-order valence-corrected chi connectivity index (χ3v) is 1.75. The van der Waals surface area contributed by atoms with Crippen molar-refractivity contribution in [3.8, 4) is 0 Å². The SMILES string of the molecule is CC1(N)C=c2ccccc2=N1. The Kier molecular flexibility index (Phi) is 1.14. The molecule has 1 aliphatic heterocycles. The first kappa shape index (κ1) is 6.55. The molecule has 0 radical (unpaired) electrons. The maximum atomic E-state index is 5.81. The lowest BCUT2D eigenvalue weighted by molar-refractivity contribution is 0.653. The first-order valence-corrected chi connectivity index (χ1v) is 3.64. The molecule has 1 atom stereocenters. The number of benzene rings is 1. The van der Waals surface area contributed by atoms with Crippen LogP contribution in [0.2, 0.25) is 0 Å². The van der Waals surface area contributed by atoms with Crippen molar-refractivity contribution in [2.45, 2.75) is 12.6 Å². The van der Waals surface area contributed by atoms with Crippen molar-refractivity contribution in [2.24, 2.45) is 10.7 Å². The first-order chi connectivity index (χ1) is 5.17. The van der Waals surface area contributed by atoms with Crippen LogP contribution in [-0.2, 0) is 0 Å².